The SMILES string of the molecule is O=[N+]([O-])C[C@H](c1ccccc1)c1ccc(F)cc1. The Kier molecular flexibility index (Phi) is 3.67. The molecule has 0 fully saturated rings. The summed E-state index contributed by atoms with van der Waals surface area (Å²) in [6.07, 6.45) is 0. The van der Waals surface area contributed by atoms with E-state index < -0.39 is 0 Å². The third-order valence-corrected chi connectivity index (χ3v) is 2.81. The summed E-state index contributed by atoms with van der Waals surface area (Å²) in [5.74, 6) is -0.687. The van der Waals surface area contributed by atoms with Gasteiger partial charge in [-0.1, -0.05) is 42.5 Å². The van der Waals surface area contributed by atoms with Gasteiger partial charge in [0.1, 0.15) is 5.82 Å². The smallest absolute Gasteiger partial charge is 0.214 e. The molecule has 0 aliphatic rings. The van der Waals surface area contributed by atoms with E-state index in [1.807, 2.05) is 30.3 Å². The lowest BCUT2D eigenvalue weighted by Crippen LogP contribution is -2.13. The molecule has 0 aliphatic heterocycles. The van der Waals surface area contributed by atoms with Gasteiger partial charge in [0.25, 0.3) is 0 Å². The maximum atomic E-state index is 12.9. The number of nitrogens with zero attached hydrogens (tertiary/aromatic N) is 1. The van der Waals surface area contributed by atoms with Crippen molar-refractivity contribution in [1.82, 2.24) is 0 Å². The minimum Gasteiger partial charge on any atom is -0.265 e. The molecule has 4 heteroatoms. The third kappa shape index (κ3) is 2.91. The lowest BCUT2D eigenvalue weighted by atomic mass is 9.91. The minimum atomic E-state index is -0.346. The molecule has 2 aromatic carbocycles. The molecular formula is C14H12FNO2. The summed E-state index contributed by atoms with van der Waals surface area (Å²) in [5.41, 5.74) is 1.61. The Morgan fingerprint density at radius 1 is 1.00 bits per heavy atom. The van der Waals surface area contributed by atoms with Gasteiger partial charge in [0.2, 0.25) is 6.54 Å². The Labute approximate surface area is 104 Å². The number of nitro groups is 1. The van der Waals surface area contributed by atoms with Crippen molar-refractivity contribution in [2.24, 2.45) is 0 Å². The molecule has 0 unspecified atom stereocenters. The van der Waals surface area contributed by atoms with Crippen LogP contribution in [0, 0.1) is 15.9 Å². The molecule has 3 nitrogen and oxygen atoms in total. The van der Waals surface area contributed by atoms with E-state index in [1.54, 1.807) is 12.1 Å². The molecule has 0 radical (unpaired) electrons. The first-order valence-electron chi connectivity index (χ1n) is 5.59. The highest BCUT2D eigenvalue weighted by molar-refractivity contribution is 5.32. The molecule has 92 valence electrons. The van der Waals surface area contributed by atoms with E-state index in [1.165, 1.54) is 12.1 Å². The van der Waals surface area contributed by atoms with Crippen LogP contribution in [-0.2, 0) is 0 Å². The summed E-state index contributed by atoms with van der Waals surface area (Å²) in [7, 11) is 0. The maximum Gasteiger partial charge on any atom is 0.214 e. The summed E-state index contributed by atoms with van der Waals surface area (Å²) in [6, 6.07) is 15.1. The Hall–Kier alpha value is -2.23. The predicted molar refractivity (Wildman–Crippen MR) is 66.5 cm³/mol. The maximum absolute atomic E-state index is 12.9. The van der Waals surface area contributed by atoms with Gasteiger partial charge in [-0.2, -0.15) is 0 Å². The first-order chi connectivity index (χ1) is 8.66. The summed E-state index contributed by atoms with van der Waals surface area (Å²) in [6.45, 7) is -0.199. The molecule has 0 aromatic heterocycles. The van der Waals surface area contributed by atoms with Crippen molar-refractivity contribution in [3.63, 3.8) is 0 Å². The van der Waals surface area contributed by atoms with Crippen LogP contribution in [0.25, 0.3) is 0 Å². The molecule has 0 amide bonds. The number of benzene rings is 2. The molecule has 0 spiro atoms. The molecular weight excluding hydrogens is 233 g/mol. The van der Waals surface area contributed by atoms with Gasteiger partial charge in [0.05, 0.1) is 5.92 Å². The van der Waals surface area contributed by atoms with Crippen molar-refractivity contribution in [1.29, 1.82) is 0 Å². The average Bonchev–Trinajstić information content (AvgIpc) is 2.38. The molecule has 0 heterocycles. The molecule has 1 atom stereocenters. The van der Waals surface area contributed by atoms with Crippen molar-refractivity contribution in [3.8, 4) is 0 Å². The fraction of sp³-hybridized carbons (Fsp3) is 0.143. The molecule has 0 saturated carbocycles. The van der Waals surface area contributed by atoms with Gasteiger partial charge in [-0.25, -0.2) is 4.39 Å². The Balaban J connectivity index is 2.36. The number of hydrogen-bond acceptors (Lipinski definition) is 2. The lowest BCUT2D eigenvalue weighted by Gasteiger charge is -2.13. The van der Waals surface area contributed by atoms with Crippen LogP contribution in [0.2, 0.25) is 0 Å². The quantitative estimate of drug-likeness (QED) is 0.613. The van der Waals surface area contributed by atoms with E-state index in [2.05, 4.69) is 0 Å². The number of rotatable bonds is 4. The second kappa shape index (κ2) is 5.40. The Morgan fingerprint density at radius 3 is 2.11 bits per heavy atom. The van der Waals surface area contributed by atoms with Gasteiger partial charge >= 0.3 is 0 Å². The van der Waals surface area contributed by atoms with Crippen molar-refractivity contribution in [2.75, 3.05) is 6.54 Å². The third-order valence-electron chi connectivity index (χ3n) is 2.81. The van der Waals surface area contributed by atoms with E-state index >= 15 is 0 Å². The lowest BCUT2D eigenvalue weighted by molar-refractivity contribution is -0.481. The number of halogens is 1. The van der Waals surface area contributed by atoms with Crippen molar-refractivity contribution in [3.05, 3.63) is 81.7 Å². The second-order valence-electron chi connectivity index (χ2n) is 4.03. The van der Waals surface area contributed by atoms with Gasteiger partial charge < -0.3 is 0 Å². The van der Waals surface area contributed by atoms with Crippen LogP contribution in [0.5, 0.6) is 0 Å². The van der Waals surface area contributed by atoms with Crippen LogP contribution < -0.4 is 0 Å². The van der Waals surface area contributed by atoms with Crippen molar-refractivity contribution < 1.29 is 9.31 Å². The van der Waals surface area contributed by atoms with Crippen LogP contribution in [0.3, 0.4) is 0 Å². The van der Waals surface area contributed by atoms with Gasteiger partial charge in [-0.05, 0) is 23.3 Å². The van der Waals surface area contributed by atoms with Crippen LogP contribution in [0.4, 0.5) is 4.39 Å². The fourth-order valence-corrected chi connectivity index (χ4v) is 1.93. The fourth-order valence-electron chi connectivity index (χ4n) is 1.93. The van der Waals surface area contributed by atoms with Crippen LogP contribution >= 0.6 is 0 Å². The van der Waals surface area contributed by atoms with Crippen LogP contribution in [0.15, 0.2) is 54.6 Å². The topological polar surface area (TPSA) is 43.1 Å². The van der Waals surface area contributed by atoms with Crippen molar-refractivity contribution in [2.45, 2.75) is 5.92 Å². The molecule has 0 saturated heterocycles. The summed E-state index contributed by atoms with van der Waals surface area (Å²) < 4.78 is 12.9. The molecule has 0 N–H and O–H groups in total. The van der Waals surface area contributed by atoms with Gasteiger partial charge in [0.15, 0.2) is 0 Å². The predicted octanol–water partition coefficient (Wildman–Crippen LogP) is 3.23. The van der Waals surface area contributed by atoms with Gasteiger partial charge in [-0.15, -0.1) is 0 Å². The van der Waals surface area contributed by atoms with Crippen LogP contribution in [0.1, 0.15) is 17.0 Å². The molecule has 0 bridgehead atoms. The van der Waals surface area contributed by atoms with E-state index in [4.69, 9.17) is 0 Å². The van der Waals surface area contributed by atoms with Gasteiger partial charge in [-0.3, -0.25) is 10.1 Å². The average molecular weight is 245 g/mol. The van der Waals surface area contributed by atoms with E-state index in [-0.39, 0.29) is 23.2 Å². The largest absolute Gasteiger partial charge is 0.265 e. The normalized spacial score (nSPS) is 12.1. The molecule has 18 heavy (non-hydrogen) atoms. The molecule has 2 rings (SSSR count). The van der Waals surface area contributed by atoms with Crippen LogP contribution in [-0.4, -0.2) is 11.5 Å². The highest BCUT2D eigenvalue weighted by atomic mass is 19.1. The van der Waals surface area contributed by atoms with E-state index in [9.17, 15) is 14.5 Å². The molecule has 2 aromatic rings. The standard InChI is InChI=1S/C14H12FNO2/c15-13-8-6-12(7-9-13)14(10-16(17)18)11-4-2-1-3-5-11/h1-9,14H,10H2/t14-/m1/s1. The highest BCUT2D eigenvalue weighted by Crippen LogP contribution is 2.24. The highest BCUT2D eigenvalue weighted by Gasteiger charge is 2.19. The van der Waals surface area contributed by atoms with Crippen molar-refractivity contribution >= 4 is 0 Å². The zero-order valence-corrected chi connectivity index (χ0v) is 9.62. The second-order valence-corrected chi connectivity index (χ2v) is 4.03. The first kappa shape index (κ1) is 12.2. The first-order valence-corrected chi connectivity index (χ1v) is 5.59. The zero-order valence-electron chi connectivity index (χ0n) is 9.62. The van der Waals surface area contributed by atoms with E-state index in [0.717, 1.165) is 11.1 Å². The Morgan fingerprint density at radius 2 is 1.56 bits per heavy atom. The Bertz CT molecular complexity index is 525. The zero-order chi connectivity index (χ0) is 13.0. The van der Waals surface area contributed by atoms with E-state index in [0.29, 0.717) is 0 Å². The van der Waals surface area contributed by atoms with Gasteiger partial charge in [0, 0.05) is 4.92 Å². The molecule has 0 aliphatic carbocycles. The summed E-state index contributed by atoms with van der Waals surface area (Å²) in [4.78, 5) is 10.4. The summed E-state index contributed by atoms with van der Waals surface area (Å²) in [5, 5.41) is 10.8. The monoisotopic (exact) mass is 245 g/mol. The number of hydrogen-bond donors (Lipinski definition) is 0. The minimum absolute atomic E-state index is 0.199. The summed E-state index contributed by atoms with van der Waals surface area (Å²) >= 11 is 0.